The Morgan fingerprint density at radius 3 is 1.77 bits per heavy atom. The van der Waals surface area contributed by atoms with Crippen molar-refractivity contribution >= 4 is 18.7 Å². The van der Waals surface area contributed by atoms with Crippen LogP contribution in [0.4, 0.5) is 0 Å². The lowest BCUT2D eigenvalue weighted by Crippen LogP contribution is -2.68. The van der Waals surface area contributed by atoms with Gasteiger partial charge in [0.05, 0.1) is 12.7 Å². The fourth-order valence-electron chi connectivity index (χ4n) is 3.33. The van der Waals surface area contributed by atoms with Crippen LogP contribution in [0.5, 0.6) is 0 Å². The fourth-order valence-corrected chi connectivity index (χ4v) is 8.00. The Bertz CT molecular complexity index is 687. The van der Waals surface area contributed by atoms with E-state index in [1.54, 1.807) is 0 Å². The molecule has 0 aromatic heterocycles. The number of benzene rings is 2. The minimum absolute atomic E-state index is 0.107. The standard InChI is InChI=1S/C22H28O3Si/c1-22(2,3)26(20-13-6-4-7-14-20,21-15-8-5-9-16-21)25-19(18-24)12-10-11-17-23/h4-9,13-16,19,23-24H,12,17-18H2,1-3H3/t19-/m1/s1. The second kappa shape index (κ2) is 9.16. The van der Waals surface area contributed by atoms with Crippen molar-refractivity contribution in [2.75, 3.05) is 13.2 Å². The highest BCUT2D eigenvalue weighted by Gasteiger charge is 2.51. The van der Waals surface area contributed by atoms with Crippen molar-refractivity contribution < 1.29 is 14.6 Å². The summed E-state index contributed by atoms with van der Waals surface area (Å²) in [6.07, 6.45) is -0.0120. The second-order valence-corrected chi connectivity index (χ2v) is 11.6. The Morgan fingerprint density at radius 1 is 0.885 bits per heavy atom. The van der Waals surface area contributed by atoms with E-state index < -0.39 is 14.4 Å². The molecule has 0 heterocycles. The van der Waals surface area contributed by atoms with Gasteiger partial charge < -0.3 is 14.6 Å². The van der Waals surface area contributed by atoms with Gasteiger partial charge in [0.1, 0.15) is 6.61 Å². The first-order valence-electron chi connectivity index (χ1n) is 8.92. The molecule has 0 spiro atoms. The van der Waals surface area contributed by atoms with Gasteiger partial charge in [-0.25, -0.2) is 0 Å². The van der Waals surface area contributed by atoms with Crippen LogP contribution in [0.3, 0.4) is 0 Å². The highest BCUT2D eigenvalue weighted by atomic mass is 28.4. The van der Waals surface area contributed by atoms with Crippen molar-refractivity contribution in [1.29, 1.82) is 0 Å². The third-order valence-electron chi connectivity index (χ3n) is 4.50. The van der Waals surface area contributed by atoms with Crippen molar-refractivity contribution in [3.05, 3.63) is 60.7 Å². The van der Waals surface area contributed by atoms with E-state index in [1.807, 2.05) is 36.4 Å². The van der Waals surface area contributed by atoms with Crippen LogP contribution >= 0.6 is 0 Å². The van der Waals surface area contributed by atoms with Crippen LogP contribution in [0.25, 0.3) is 0 Å². The molecule has 0 amide bonds. The van der Waals surface area contributed by atoms with Crippen LogP contribution in [-0.4, -0.2) is 37.8 Å². The predicted molar refractivity (Wildman–Crippen MR) is 109 cm³/mol. The zero-order valence-electron chi connectivity index (χ0n) is 15.8. The van der Waals surface area contributed by atoms with Crippen LogP contribution in [-0.2, 0) is 4.43 Å². The molecule has 3 nitrogen and oxygen atoms in total. The van der Waals surface area contributed by atoms with Crippen LogP contribution in [0.2, 0.25) is 5.04 Å². The molecule has 0 unspecified atom stereocenters. The second-order valence-electron chi connectivity index (χ2n) is 7.30. The number of aliphatic hydroxyl groups is 2. The first-order chi connectivity index (χ1) is 12.5. The molecule has 0 radical (unpaired) electrons. The largest absolute Gasteiger partial charge is 0.401 e. The molecule has 2 N–H and O–H groups in total. The predicted octanol–water partition coefficient (Wildman–Crippen LogP) is 2.31. The van der Waals surface area contributed by atoms with Crippen molar-refractivity contribution in [2.24, 2.45) is 0 Å². The van der Waals surface area contributed by atoms with Crippen molar-refractivity contribution in [3.8, 4) is 11.8 Å². The van der Waals surface area contributed by atoms with Gasteiger partial charge in [-0.05, 0) is 15.4 Å². The third kappa shape index (κ3) is 4.43. The Labute approximate surface area is 157 Å². The van der Waals surface area contributed by atoms with E-state index in [-0.39, 0.29) is 18.3 Å². The van der Waals surface area contributed by atoms with Gasteiger partial charge in [0.2, 0.25) is 0 Å². The Balaban J connectivity index is 2.60. The maximum absolute atomic E-state index is 9.92. The highest BCUT2D eigenvalue weighted by Crippen LogP contribution is 2.37. The first kappa shape index (κ1) is 20.4. The smallest absolute Gasteiger partial charge is 0.261 e. The summed E-state index contributed by atoms with van der Waals surface area (Å²) in [5.74, 6) is 5.55. The Morgan fingerprint density at radius 2 is 1.38 bits per heavy atom. The summed E-state index contributed by atoms with van der Waals surface area (Å²) in [6.45, 7) is 6.31. The normalized spacial score (nSPS) is 13.0. The molecule has 0 saturated carbocycles. The molecule has 138 valence electrons. The lowest BCUT2D eigenvalue weighted by atomic mass is 10.2. The summed E-state index contributed by atoms with van der Waals surface area (Å²) >= 11 is 0. The van der Waals surface area contributed by atoms with E-state index in [2.05, 4.69) is 56.9 Å². The van der Waals surface area contributed by atoms with Crippen LogP contribution in [0.15, 0.2) is 60.7 Å². The fraction of sp³-hybridized carbons (Fsp3) is 0.364. The Kier molecular flexibility index (Phi) is 7.19. The molecule has 0 aliphatic heterocycles. The average Bonchev–Trinajstić information content (AvgIpc) is 2.65. The summed E-state index contributed by atoms with van der Waals surface area (Å²) in [4.78, 5) is 0. The van der Waals surface area contributed by atoms with Gasteiger partial charge in [-0.15, -0.1) is 0 Å². The number of rotatable bonds is 6. The maximum atomic E-state index is 9.92. The molecule has 4 heteroatoms. The molecule has 26 heavy (non-hydrogen) atoms. The van der Waals surface area contributed by atoms with Gasteiger partial charge in [-0.2, -0.15) is 0 Å². The monoisotopic (exact) mass is 368 g/mol. The number of hydrogen-bond acceptors (Lipinski definition) is 3. The molecule has 2 rings (SSSR count). The van der Waals surface area contributed by atoms with E-state index in [4.69, 9.17) is 9.53 Å². The van der Waals surface area contributed by atoms with Crippen molar-refractivity contribution in [2.45, 2.75) is 38.3 Å². The van der Waals surface area contributed by atoms with E-state index in [1.165, 1.54) is 10.4 Å². The molecule has 2 aromatic rings. The molecule has 0 saturated heterocycles. The van der Waals surface area contributed by atoms with Gasteiger partial charge in [0, 0.05) is 6.42 Å². The summed E-state index contributed by atoms with van der Waals surface area (Å²) in [7, 11) is -2.68. The van der Waals surface area contributed by atoms with Crippen LogP contribution in [0.1, 0.15) is 27.2 Å². The SMILES string of the molecule is CC(C)(C)[Si](O[C@@H](CO)CC#CCO)(c1ccccc1)c1ccccc1. The molecule has 1 atom stereocenters. The quantitative estimate of drug-likeness (QED) is 0.608. The highest BCUT2D eigenvalue weighted by molar-refractivity contribution is 6.99. The summed E-state index contributed by atoms with van der Waals surface area (Å²) < 4.78 is 6.78. The maximum Gasteiger partial charge on any atom is 0.261 e. The van der Waals surface area contributed by atoms with Crippen molar-refractivity contribution in [1.82, 2.24) is 0 Å². The molecule has 0 bridgehead atoms. The number of aliphatic hydroxyl groups excluding tert-OH is 2. The summed E-state index contributed by atoms with van der Waals surface area (Å²) in [5.41, 5.74) is 0. The molecule has 0 fully saturated rings. The third-order valence-corrected chi connectivity index (χ3v) is 9.59. The zero-order valence-corrected chi connectivity index (χ0v) is 16.8. The lowest BCUT2D eigenvalue weighted by Gasteiger charge is -2.44. The van der Waals surface area contributed by atoms with Gasteiger partial charge in [0.15, 0.2) is 0 Å². The molecule has 0 aliphatic carbocycles. The van der Waals surface area contributed by atoms with E-state index in [0.29, 0.717) is 6.42 Å². The summed E-state index contributed by atoms with van der Waals surface area (Å²) in [5, 5.41) is 21.0. The molecular formula is C22H28O3Si. The molecule has 0 aliphatic rings. The van der Waals surface area contributed by atoms with Gasteiger partial charge in [-0.1, -0.05) is 93.3 Å². The van der Waals surface area contributed by atoms with E-state index >= 15 is 0 Å². The van der Waals surface area contributed by atoms with Gasteiger partial charge >= 0.3 is 0 Å². The van der Waals surface area contributed by atoms with Crippen LogP contribution < -0.4 is 10.4 Å². The Hall–Kier alpha value is -1.90. The minimum Gasteiger partial charge on any atom is -0.401 e. The average molecular weight is 369 g/mol. The number of hydrogen-bond donors (Lipinski definition) is 2. The first-order valence-corrected chi connectivity index (χ1v) is 10.8. The molecular weight excluding hydrogens is 340 g/mol. The lowest BCUT2D eigenvalue weighted by molar-refractivity contribution is 0.110. The topological polar surface area (TPSA) is 49.7 Å². The van der Waals surface area contributed by atoms with Gasteiger partial charge in [0.25, 0.3) is 8.32 Å². The van der Waals surface area contributed by atoms with E-state index in [9.17, 15) is 5.11 Å². The zero-order chi connectivity index (χ0) is 19.0. The van der Waals surface area contributed by atoms with Crippen molar-refractivity contribution in [3.63, 3.8) is 0 Å². The van der Waals surface area contributed by atoms with Gasteiger partial charge in [-0.3, -0.25) is 0 Å². The summed E-state index contributed by atoms with van der Waals surface area (Å²) in [6, 6.07) is 20.7. The van der Waals surface area contributed by atoms with Crippen LogP contribution in [0, 0.1) is 11.8 Å². The van der Waals surface area contributed by atoms with E-state index in [0.717, 1.165) is 0 Å². The molecule has 2 aromatic carbocycles. The minimum atomic E-state index is -2.68.